The summed E-state index contributed by atoms with van der Waals surface area (Å²) in [5.74, 6) is 0.207. The van der Waals surface area contributed by atoms with Crippen LogP contribution in [-0.2, 0) is 9.53 Å². The van der Waals surface area contributed by atoms with E-state index in [1.807, 2.05) is 49.4 Å². The molecule has 21 heavy (non-hydrogen) atoms. The summed E-state index contributed by atoms with van der Waals surface area (Å²) in [5, 5.41) is 0. The number of ether oxygens (including phenoxy) is 2. The Morgan fingerprint density at radius 1 is 1.14 bits per heavy atom. The van der Waals surface area contributed by atoms with Gasteiger partial charge in [-0.05, 0) is 19.1 Å². The number of benzene rings is 2. The topological polar surface area (TPSA) is 47.9 Å². The van der Waals surface area contributed by atoms with Gasteiger partial charge in [0.2, 0.25) is 0 Å². The molecule has 1 unspecified atom stereocenters. The van der Waals surface area contributed by atoms with Crippen LogP contribution in [0.15, 0.2) is 53.5 Å². The lowest BCUT2D eigenvalue weighted by Crippen LogP contribution is -2.34. The maximum atomic E-state index is 11.3. The van der Waals surface area contributed by atoms with Crippen LogP contribution in [0, 0.1) is 6.92 Å². The fourth-order valence-electron chi connectivity index (χ4n) is 2.16. The third-order valence-corrected chi connectivity index (χ3v) is 3.18. The van der Waals surface area contributed by atoms with Crippen LogP contribution in [0.25, 0.3) is 0 Å². The van der Waals surface area contributed by atoms with Crippen molar-refractivity contribution in [2.75, 3.05) is 0 Å². The molecule has 0 fully saturated rings. The van der Waals surface area contributed by atoms with E-state index in [0.29, 0.717) is 11.5 Å². The predicted octanol–water partition coefficient (Wildman–Crippen LogP) is 3.40. The number of hydrogen-bond acceptors (Lipinski definition) is 4. The highest BCUT2D eigenvalue weighted by atomic mass is 16.7. The van der Waals surface area contributed by atoms with E-state index in [1.165, 1.54) is 6.92 Å². The van der Waals surface area contributed by atoms with Gasteiger partial charge >= 0.3 is 5.97 Å². The van der Waals surface area contributed by atoms with Gasteiger partial charge in [0.15, 0.2) is 0 Å². The molecule has 4 nitrogen and oxygen atoms in total. The molecule has 106 valence electrons. The summed E-state index contributed by atoms with van der Waals surface area (Å²) in [6.07, 6.45) is -0.819. The number of para-hydroxylation sites is 2. The molecule has 4 heteroatoms. The average Bonchev–Trinajstić information content (AvgIpc) is 2.47. The van der Waals surface area contributed by atoms with Gasteiger partial charge in [-0.25, -0.2) is 4.99 Å². The van der Waals surface area contributed by atoms with E-state index in [9.17, 15) is 4.79 Å². The smallest absolute Gasteiger partial charge is 0.306 e. The van der Waals surface area contributed by atoms with Crippen molar-refractivity contribution >= 4 is 17.4 Å². The molecular formula is C17H15NO3. The number of aryl methyl sites for hydroxylation is 1. The van der Waals surface area contributed by atoms with Crippen molar-refractivity contribution in [2.24, 2.45) is 4.99 Å². The fraction of sp³-hybridized carbons (Fsp3) is 0.176. The summed E-state index contributed by atoms with van der Waals surface area (Å²) in [6.45, 7) is 3.37. The summed E-state index contributed by atoms with van der Waals surface area (Å²) >= 11 is 0. The molecule has 0 spiro atoms. The minimum absolute atomic E-state index is 0.404. The fourth-order valence-corrected chi connectivity index (χ4v) is 2.16. The molecule has 2 aromatic carbocycles. The number of fused-ring (bicyclic) bond motifs is 1. The Hall–Kier alpha value is -2.62. The van der Waals surface area contributed by atoms with Gasteiger partial charge in [-0.15, -0.1) is 0 Å². The first-order chi connectivity index (χ1) is 10.1. The maximum Gasteiger partial charge on any atom is 0.306 e. The van der Waals surface area contributed by atoms with Crippen molar-refractivity contribution in [2.45, 2.75) is 20.1 Å². The molecule has 0 aliphatic carbocycles. The molecule has 0 amide bonds. The van der Waals surface area contributed by atoms with Gasteiger partial charge in [0, 0.05) is 12.5 Å². The normalized spacial score (nSPS) is 16.5. The number of carbonyl (C=O) groups is 1. The van der Waals surface area contributed by atoms with Crippen molar-refractivity contribution in [3.8, 4) is 5.75 Å². The highest BCUT2D eigenvalue weighted by Gasteiger charge is 2.28. The second-order valence-electron chi connectivity index (χ2n) is 4.89. The van der Waals surface area contributed by atoms with Gasteiger partial charge in [0.25, 0.3) is 6.29 Å². The molecule has 0 aromatic heterocycles. The SMILES string of the molecule is CC(=O)OC1Oc2ccccc2N=C1c1ccc(C)cc1. The van der Waals surface area contributed by atoms with Crippen LogP contribution in [-0.4, -0.2) is 18.0 Å². The van der Waals surface area contributed by atoms with Gasteiger partial charge in [0.05, 0.1) is 0 Å². The first-order valence-electron chi connectivity index (χ1n) is 6.72. The van der Waals surface area contributed by atoms with Crippen LogP contribution in [0.2, 0.25) is 0 Å². The molecule has 1 aliphatic rings. The molecule has 3 rings (SSSR count). The highest BCUT2D eigenvalue weighted by Crippen LogP contribution is 2.33. The molecule has 0 saturated carbocycles. The standard InChI is InChI=1S/C17H15NO3/c1-11-7-9-13(10-8-11)16-17(20-12(2)19)21-15-6-4-3-5-14(15)18-16/h3-10,17H,1-2H3. The molecule has 0 saturated heterocycles. The van der Waals surface area contributed by atoms with Crippen LogP contribution < -0.4 is 4.74 Å². The van der Waals surface area contributed by atoms with Crippen LogP contribution in [0.3, 0.4) is 0 Å². The first kappa shape index (κ1) is 13.4. The number of esters is 1. The van der Waals surface area contributed by atoms with Gasteiger partial charge in [0.1, 0.15) is 17.1 Å². The molecule has 1 heterocycles. The minimum atomic E-state index is -0.819. The van der Waals surface area contributed by atoms with Crippen LogP contribution in [0.4, 0.5) is 5.69 Å². The largest absolute Gasteiger partial charge is 0.447 e. The summed E-state index contributed by atoms with van der Waals surface area (Å²) in [5.41, 5.74) is 3.36. The Labute approximate surface area is 123 Å². The van der Waals surface area contributed by atoms with Gasteiger partial charge in [-0.2, -0.15) is 0 Å². The lowest BCUT2D eigenvalue weighted by Gasteiger charge is -2.25. The first-order valence-corrected chi connectivity index (χ1v) is 6.72. The van der Waals surface area contributed by atoms with Crippen molar-refractivity contribution < 1.29 is 14.3 Å². The average molecular weight is 281 g/mol. The van der Waals surface area contributed by atoms with Crippen LogP contribution in [0.1, 0.15) is 18.1 Å². The number of rotatable bonds is 2. The van der Waals surface area contributed by atoms with Gasteiger partial charge in [-0.1, -0.05) is 42.0 Å². The summed E-state index contributed by atoms with van der Waals surface area (Å²) in [7, 11) is 0. The Morgan fingerprint density at radius 3 is 2.57 bits per heavy atom. The second kappa shape index (κ2) is 5.40. The zero-order valence-corrected chi connectivity index (χ0v) is 11.9. The third-order valence-electron chi connectivity index (χ3n) is 3.18. The Balaban J connectivity index is 2.05. The third kappa shape index (κ3) is 2.79. The summed E-state index contributed by atoms with van der Waals surface area (Å²) in [4.78, 5) is 15.9. The molecule has 2 aromatic rings. The lowest BCUT2D eigenvalue weighted by molar-refractivity contribution is -0.153. The lowest BCUT2D eigenvalue weighted by atomic mass is 10.1. The van der Waals surface area contributed by atoms with E-state index in [4.69, 9.17) is 9.47 Å². The van der Waals surface area contributed by atoms with E-state index < -0.39 is 12.3 Å². The highest BCUT2D eigenvalue weighted by molar-refractivity contribution is 6.06. The van der Waals surface area contributed by atoms with E-state index in [2.05, 4.69) is 4.99 Å². The van der Waals surface area contributed by atoms with Crippen LogP contribution in [0.5, 0.6) is 5.75 Å². The second-order valence-corrected chi connectivity index (χ2v) is 4.89. The van der Waals surface area contributed by atoms with E-state index in [1.54, 1.807) is 6.07 Å². The predicted molar refractivity (Wildman–Crippen MR) is 80.0 cm³/mol. The van der Waals surface area contributed by atoms with E-state index in [-0.39, 0.29) is 0 Å². The number of hydrogen-bond donors (Lipinski definition) is 0. The van der Waals surface area contributed by atoms with Crippen molar-refractivity contribution in [3.05, 3.63) is 59.7 Å². The zero-order valence-electron chi connectivity index (χ0n) is 11.9. The van der Waals surface area contributed by atoms with Gasteiger partial charge < -0.3 is 9.47 Å². The van der Waals surface area contributed by atoms with E-state index in [0.717, 1.165) is 16.8 Å². The monoisotopic (exact) mass is 281 g/mol. The molecular weight excluding hydrogens is 266 g/mol. The molecule has 1 atom stereocenters. The zero-order chi connectivity index (χ0) is 14.8. The maximum absolute atomic E-state index is 11.3. The van der Waals surface area contributed by atoms with Crippen molar-refractivity contribution in [1.82, 2.24) is 0 Å². The quantitative estimate of drug-likeness (QED) is 0.793. The molecule has 0 radical (unpaired) electrons. The summed E-state index contributed by atoms with van der Waals surface area (Å²) in [6, 6.07) is 15.3. The van der Waals surface area contributed by atoms with Crippen molar-refractivity contribution in [3.63, 3.8) is 0 Å². The Kier molecular flexibility index (Phi) is 3.44. The number of nitrogens with zero attached hydrogens (tertiary/aromatic N) is 1. The van der Waals surface area contributed by atoms with Crippen molar-refractivity contribution in [1.29, 1.82) is 0 Å². The molecule has 0 bridgehead atoms. The minimum Gasteiger partial charge on any atom is -0.447 e. The van der Waals surface area contributed by atoms with Gasteiger partial charge in [-0.3, -0.25) is 4.79 Å². The Bertz CT molecular complexity index is 704. The number of carbonyl (C=O) groups excluding carboxylic acids is 1. The van der Waals surface area contributed by atoms with Crippen LogP contribution >= 0.6 is 0 Å². The molecule has 0 N–H and O–H groups in total. The Morgan fingerprint density at radius 2 is 1.86 bits per heavy atom. The van der Waals surface area contributed by atoms with E-state index >= 15 is 0 Å². The molecule has 1 aliphatic heterocycles. The number of aliphatic imine (C=N–C) groups is 1. The summed E-state index contributed by atoms with van der Waals surface area (Å²) < 4.78 is 11.0.